The minimum absolute atomic E-state index is 0. The molecule has 6 heteroatoms. The molecule has 1 fully saturated rings. The highest BCUT2D eigenvalue weighted by Gasteiger charge is 2.14. The summed E-state index contributed by atoms with van der Waals surface area (Å²) in [5, 5.41) is 3.41. The van der Waals surface area contributed by atoms with E-state index in [9.17, 15) is 0 Å². The summed E-state index contributed by atoms with van der Waals surface area (Å²) in [6.07, 6.45) is 4.76. The summed E-state index contributed by atoms with van der Waals surface area (Å²) in [6, 6.07) is 0. The Kier molecular flexibility index (Phi) is 12.9. The number of halogens is 1. The normalized spacial score (nSPS) is 15.5. The molecule has 114 valence electrons. The summed E-state index contributed by atoms with van der Waals surface area (Å²) in [4.78, 5) is 6.64. The number of hydrogen-bond acceptors (Lipinski definition) is 3. The van der Waals surface area contributed by atoms with Gasteiger partial charge in [-0.3, -0.25) is 4.99 Å². The molecule has 5 nitrogen and oxygen atoms in total. The zero-order valence-corrected chi connectivity index (χ0v) is 14.5. The molecular formula is C13H28IN3O2. The molecule has 0 aromatic rings. The van der Waals surface area contributed by atoms with Crippen LogP contribution in [0.2, 0.25) is 0 Å². The molecule has 1 N–H and O–H groups in total. The van der Waals surface area contributed by atoms with E-state index in [0.717, 1.165) is 45.0 Å². The molecule has 0 bridgehead atoms. The van der Waals surface area contributed by atoms with Crippen LogP contribution in [0, 0.1) is 0 Å². The highest BCUT2D eigenvalue weighted by molar-refractivity contribution is 14.0. The van der Waals surface area contributed by atoms with Crippen LogP contribution >= 0.6 is 24.0 Å². The molecule has 1 rings (SSSR count). The molecule has 0 aromatic heterocycles. The number of ether oxygens (including phenoxy) is 2. The molecule has 1 heterocycles. The zero-order valence-electron chi connectivity index (χ0n) is 12.2. The summed E-state index contributed by atoms with van der Waals surface area (Å²) < 4.78 is 10.3. The summed E-state index contributed by atoms with van der Waals surface area (Å²) in [5.41, 5.74) is 0. The van der Waals surface area contributed by atoms with E-state index in [2.05, 4.69) is 15.2 Å². The average Bonchev–Trinajstić information content (AvgIpc) is 2.91. The Labute approximate surface area is 134 Å². The second-order valence-electron chi connectivity index (χ2n) is 4.48. The van der Waals surface area contributed by atoms with E-state index < -0.39 is 0 Å². The van der Waals surface area contributed by atoms with Crippen molar-refractivity contribution in [1.29, 1.82) is 0 Å². The number of methoxy groups -OCH3 is 1. The third-order valence-corrected chi connectivity index (χ3v) is 3.05. The molecule has 0 amide bonds. The first-order valence-electron chi connectivity index (χ1n) is 6.90. The maximum atomic E-state index is 5.41. The van der Waals surface area contributed by atoms with Crippen LogP contribution in [-0.4, -0.2) is 64.5 Å². The molecule has 0 saturated carbocycles. The highest BCUT2D eigenvalue weighted by atomic mass is 127. The number of rotatable bonds is 8. The van der Waals surface area contributed by atoms with Crippen molar-refractivity contribution in [2.45, 2.75) is 25.7 Å². The third-order valence-electron chi connectivity index (χ3n) is 3.05. The lowest BCUT2D eigenvalue weighted by Gasteiger charge is -2.20. The van der Waals surface area contributed by atoms with Gasteiger partial charge in [-0.05, 0) is 25.7 Å². The van der Waals surface area contributed by atoms with Crippen molar-refractivity contribution in [2.24, 2.45) is 4.99 Å². The molecule has 0 unspecified atom stereocenters. The number of hydrogen-bond donors (Lipinski definition) is 1. The van der Waals surface area contributed by atoms with Crippen molar-refractivity contribution in [3.63, 3.8) is 0 Å². The minimum Gasteiger partial charge on any atom is -0.382 e. The van der Waals surface area contributed by atoms with Gasteiger partial charge in [0.1, 0.15) is 0 Å². The van der Waals surface area contributed by atoms with Crippen LogP contribution in [0.5, 0.6) is 0 Å². The Bertz CT molecular complexity index is 234. The van der Waals surface area contributed by atoms with Gasteiger partial charge in [-0.2, -0.15) is 0 Å². The molecule has 0 aliphatic carbocycles. The van der Waals surface area contributed by atoms with Gasteiger partial charge < -0.3 is 19.7 Å². The lowest BCUT2D eigenvalue weighted by atomic mass is 10.3. The van der Waals surface area contributed by atoms with Crippen LogP contribution in [-0.2, 0) is 9.47 Å². The van der Waals surface area contributed by atoms with Gasteiger partial charge in [-0.1, -0.05) is 0 Å². The van der Waals surface area contributed by atoms with Crippen molar-refractivity contribution in [3.05, 3.63) is 0 Å². The minimum atomic E-state index is 0. The summed E-state index contributed by atoms with van der Waals surface area (Å²) in [6.45, 7) is 5.43. The van der Waals surface area contributed by atoms with Crippen LogP contribution in [0.1, 0.15) is 25.7 Å². The maximum absolute atomic E-state index is 5.41. The number of nitrogens with one attached hydrogen (secondary N) is 1. The van der Waals surface area contributed by atoms with Gasteiger partial charge in [0.25, 0.3) is 0 Å². The fourth-order valence-electron chi connectivity index (χ4n) is 2.03. The van der Waals surface area contributed by atoms with Crippen LogP contribution in [0.3, 0.4) is 0 Å². The Morgan fingerprint density at radius 2 is 1.89 bits per heavy atom. The second-order valence-corrected chi connectivity index (χ2v) is 4.48. The molecule has 1 aliphatic heterocycles. The first-order valence-corrected chi connectivity index (χ1v) is 6.90. The zero-order chi connectivity index (χ0) is 13.1. The fraction of sp³-hybridized carbons (Fsp3) is 0.923. The van der Waals surface area contributed by atoms with Gasteiger partial charge in [-0.25, -0.2) is 0 Å². The largest absolute Gasteiger partial charge is 0.382 e. The quantitative estimate of drug-likeness (QED) is 0.299. The first kappa shape index (κ1) is 18.9. The Balaban J connectivity index is 0.00000324. The molecular weight excluding hydrogens is 357 g/mol. The molecule has 1 saturated heterocycles. The van der Waals surface area contributed by atoms with Gasteiger partial charge in [0.2, 0.25) is 0 Å². The van der Waals surface area contributed by atoms with Crippen molar-refractivity contribution in [2.75, 3.05) is 53.6 Å². The number of likely N-dealkylation sites (tertiary alicyclic amines) is 1. The van der Waals surface area contributed by atoms with E-state index in [1.165, 1.54) is 12.8 Å². The van der Waals surface area contributed by atoms with Crippen LogP contribution < -0.4 is 5.32 Å². The molecule has 1 aliphatic rings. The monoisotopic (exact) mass is 385 g/mol. The smallest absolute Gasteiger partial charge is 0.193 e. The third kappa shape index (κ3) is 8.65. The van der Waals surface area contributed by atoms with E-state index in [4.69, 9.17) is 9.47 Å². The van der Waals surface area contributed by atoms with E-state index in [1.807, 2.05) is 7.05 Å². The molecule has 0 radical (unpaired) electrons. The van der Waals surface area contributed by atoms with Crippen LogP contribution in [0.4, 0.5) is 0 Å². The summed E-state index contributed by atoms with van der Waals surface area (Å²) in [5.74, 6) is 1.05. The summed E-state index contributed by atoms with van der Waals surface area (Å²) in [7, 11) is 3.55. The van der Waals surface area contributed by atoms with Crippen molar-refractivity contribution >= 4 is 29.9 Å². The molecule has 0 spiro atoms. The second kappa shape index (κ2) is 12.9. The van der Waals surface area contributed by atoms with Gasteiger partial charge >= 0.3 is 0 Å². The highest BCUT2D eigenvalue weighted by Crippen LogP contribution is 2.07. The fourth-order valence-corrected chi connectivity index (χ4v) is 2.03. The summed E-state index contributed by atoms with van der Waals surface area (Å²) >= 11 is 0. The van der Waals surface area contributed by atoms with Gasteiger partial charge in [0.15, 0.2) is 5.96 Å². The SMILES string of the molecule is CN=C(NCCCCOCCOC)N1CCCC1.I. The van der Waals surface area contributed by atoms with Crippen molar-refractivity contribution in [3.8, 4) is 0 Å². The number of nitrogens with zero attached hydrogens (tertiary/aromatic N) is 2. The van der Waals surface area contributed by atoms with Crippen LogP contribution in [0.15, 0.2) is 4.99 Å². The molecule has 0 atom stereocenters. The van der Waals surface area contributed by atoms with Gasteiger partial charge in [0, 0.05) is 40.4 Å². The Morgan fingerprint density at radius 1 is 1.16 bits per heavy atom. The van der Waals surface area contributed by atoms with E-state index in [0.29, 0.717) is 13.2 Å². The Hall–Kier alpha value is -0.0800. The van der Waals surface area contributed by atoms with Crippen molar-refractivity contribution < 1.29 is 9.47 Å². The lowest BCUT2D eigenvalue weighted by molar-refractivity contribution is 0.0689. The molecule has 0 aromatic carbocycles. The standard InChI is InChI=1S/C13H27N3O2.HI/c1-14-13(16-8-4-5-9-16)15-7-3-6-10-18-12-11-17-2;/h3-12H2,1-2H3,(H,14,15);1H. The number of guanidine groups is 1. The van der Waals surface area contributed by atoms with Gasteiger partial charge in [0.05, 0.1) is 13.2 Å². The van der Waals surface area contributed by atoms with Crippen LogP contribution in [0.25, 0.3) is 0 Å². The Morgan fingerprint density at radius 3 is 2.53 bits per heavy atom. The van der Waals surface area contributed by atoms with E-state index >= 15 is 0 Å². The maximum Gasteiger partial charge on any atom is 0.193 e. The lowest BCUT2D eigenvalue weighted by Crippen LogP contribution is -2.39. The number of unbranched alkanes of at least 4 members (excludes halogenated alkanes) is 1. The van der Waals surface area contributed by atoms with E-state index in [1.54, 1.807) is 7.11 Å². The predicted molar refractivity (Wildman–Crippen MR) is 89.5 cm³/mol. The predicted octanol–water partition coefficient (Wildman–Crippen LogP) is 1.72. The first-order chi connectivity index (χ1) is 8.88. The van der Waals surface area contributed by atoms with Gasteiger partial charge in [-0.15, -0.1) is 24.0 Å². The topological polar surface area (TPSA) is 46.1 Å². The number of aliphatic imine (C=N–C) groups is 1. The van der Waals surface area contributed by atoms with Crippen molar-refractivity contribution in [1.82, 2.24) is 10.2 Å². The average molecular weight is 385 g/mol. The van der Waals surface area contributed by atoms with E-state index in [-0.39, 0.29) is 24.0 Å². The molecule has 19 heavy (non-hydrogen) atoms.